The summed E-state index contributed by atoms with van der Waals surface area (Å²) in [6.07, 6.45) is 5.12. The molecule has 9 nitrogen and oxygen atoms in total. The Hall–Kier alpha value is -2.73. The van der Waals surface area contributed by atoms with Crippen molar-refractivity contribution in [1.82, 2.24) is 19.1 Å². The highest BCUT2D eigenvalue weighted by atomic mass is 32.2. The Morgan fingerprint density at radius 3 is 2.59 bits per heavy atom. The molecule has 39 heavy (non-hydrogen) atoms. The van der Waals surface area contributed by atoms with Crippen molar-refractivity contribution >= 4 is 33.4 Å². The number of fused-ring (bicyclic) bond motifs is 1. The van der Waals surface area contributed by atoms with Crippen LogP contribution in [-0.2, 0) is 26.0 Å². The number of amides is 1. The maximum absolute atomic E-state index is 13.5. The zero-order valence-corrected chi connectivity index (χ0v) is 23.7. The smallest absolute Gasteiger partial charge is 0.243 e. The highest BCUT2D eigenvalue weighted by molar-refractivity contribution is 8.00. The minimum absolute atomic E-state index is 0.0612. The van der Waals surface area contributed by atoms with Crippen molar-refractivity contribution in [3.05, 3.63) is 54.1 Å². The summed E-state index contributed by atoms with van der Waals surface area (Å²) in [4.78, 5) is 15.6. The second kappa shape index (κ2) is 11.0. The maximum atomic E-state index is 13.5. The second-order valence-corrected chi connectivity index (χ2v) is 13.5. The first-order valence-corrected chi connectivity index (χ1v) is 15.9. The Kier molecular flexibility index (Phi) is 7.49. The number of sulfonamides is 1. The molecule has 1 atom stereocenters. The molecule has 3 heterocycles. The van der Waals surface area contributed by atoms with E-state index >= 15 is 0 Å². The van der Waals surface area contributed by atoms with Gasteiger partial charge in [0.15, 0.2) is 11.0 Å². The average molecular weight is 568 g/mol. The van der Waals surface area contributed by atoms with Crippen LogP contribution in [0.2, 0.25) is 0 Å². The number of rotatable bonds is 7. The van der Waals surface area contributed by atoms with E-state index in [9.17, 15) is 13.2 Å². The van der Waals surface area contributed by atoms with Gasteiger partial charge < -0.3 is 9.64 Å². The van der Waals surface area contributed by atoms with Gasteiger partial charge in [-0.15, -0.1) is 10.2 Å². The lowest BCUT2D eigenvalue weighted by molar-refractivity contribution is -0.117. The lowest BCUT2D eigenvalue weighted by Crippen LogP contribution is -2.40. The van der Waals surface area contributed by atoms with Gasteiger partial charge in [-0.1, -0.05) is 54.9 Å². The summed E-state index contributed by atoms with van der Waals surface area (Å²) in [7, 11) is -3.64. The summed E-state index contributed by atoms with van der Waals surface area (Å²) in [5, 5.41) is 9.45. The molecule has 0 N–H and O–H groups in total. The summed E-state index contributed by atoms with van der Waals surface area (Å²) in [6, 6.07) is 15.3. The molecule has 0 radical (unpaired) electrons. The third-order valence-electron chi connectivity index (χ3n) is 7.84. The number of hydrogen-bond acceptors (Lipinski definition) is 7. The van der Waals surface area contributed by atoms with Crippen LogP contribution in [0.3, 0.4) is 0 Å². The van der Waals surface area contributed by atoms with Crippen LogP contribution in [-0.4, -0.2) is 71.5 Å². The van der Waals surface area contributed by atoms with Crippen molar-refractivity contribution < 1.29 is 17.9 Å². The van der Waals surface area contributed by atoms with Crippen molar-refractivity contribution in [2.75, 3.05) is 37.7 Å². The maximum Gasteiger partial charge on any atom is 0.243 e. The fraction of sp³-hybridized carbons (Fsp3) is 0.464. The molecule has 1 saturated carbocycles. The summed E-state index contributed by atoms with van der Waals surface area (Å²) < 4.78 is 35.6. The van der Waals surface area contributed by atoms with Gasteiger partial charge in [0.05, 0.1) is 23.4 Å². The lowest BCUT2D eigenvalue weighted by atomic mass is 10.2. The van der Waals surface area contributed by atoms with Gasteiger partial charge in [0.25, 0.3) is 0 Å². The molecule has 2 fully saturated rings. The van der Waals surface area contributed by atoms with Gasteiger partial charge in [0.1, 0.15) is 0 Å². The van der Waals surface area contributed by atoms with E-state index in [0.29, 0.717) is 49.4 Å². The first kappa shape index (κ1) is 26.5. The first-order chi connectivity index (χ1) is 18.9. The fourth-order valence-corrected chi connectivity index (χ4v) is 8.21. The molecular formula is C28H33N5O4S2. The second-order valence-electron chi connectivity index (χ2n) is 10.3. The van der Waals surface area contributed by atoms with Gasteiger partial charge in [0, 0.05) is 36.9 Å². The largest absolute Gasteiger partial charge is 0.379 e. The van der Waals surface area contributed by atoms with Gasteiger partial charge >= 0.3 is 0 Å². The molecule has 2 aromatic carbocycles. The average Bonchev–Trinajstić information content (AvgIpc) is 3.73. The van der Waals surface area contributed by atoms with Crippen LogP contribution in [0, 0.1) is 0 Å². The van der Waals surface area contributed by atoms with Gasteiger partial charge in [-0.05, 0) is 49.9 Å². The van der Waals surface area contributed by atoms with Gasteiger partial charge in [0.2, 0.25) is 15.9 Å². The molecule has 206 valence electrons. The first-order valence-electron chi connectivity index (χ1n) is 13.6. The normalized spacial score (nSPS) is 19.4. The van der Waals surface area contributed by atoms with Crippen LogP contribution in [0.4, 0.5) is 5.69 Å². The van der Waals surface area contributed by atoms with Gasteiger partial charge in [-0.3, -0.25) is 9.36 Å². The van der Waals surface area contributed by atoms with Gasteiger partial charge in [-0.2, -0.15) is 4.31 Å². The molecule has 3 aromatic rings. The Morgan fingerprint density at radius 2 is 1.79 bits per heavy atom. The summed E-state index contributed by atoms with van der Waals surface area (Å²) in [6.45, 7) is 4.10. The molecule has 1 aromatic heterocycles. The molecule has 1 saturated heterocycles. The number of ether oxygens (including phenoxy) is 1. The van der Waals surface area contributed by atoms with E-state index in [4.69, 9.17) is 4.74 Å². The van der Waals surface area contributed by atoms with E-state index in [1.54, 1.807) is 18.2 Å². The zero-order valence-electron chi connectivity index (χ0n) is 22.0. The molecular weight excluding hydrogens is 534 g/mol. The van der Waals surface area contributed by atoms with E-state index in [1.165, 1.54) is 21.6 Å². The number of thioether (sulfide) groups is 1. The number of para-hydroxylation sites is 1. The number of hydrogen-bond donors (Lipinski definition) is 0. The van der Waals surface area contributed by atoms with E-state index in [1.807, 2.05) is 36.1 Å². The molecule has 1 unspecified atom stereocenters. The van der Waals surface area contributed by atoms with E-state index < -0.39 is 10.0 Å². The Labute approximate surface area is 233 Å². The summed E-state index contributed by atoms with van der Waals surface area (Å²) in [5.74, 6) is 0.709. The van der Waals surface area contributed by atoms with Crippen molar-refractivity contribution in [2.45, 2.75) is 60.4 Å². The lowest BCUT2D eigenvalue weighted by Gasteiger charge is -2.26. The molecule has 1 aliphatic carbocycles. The Bertz CT molecular complexity index is 1460. The van der Waals surface area contributed by atoms with E-state index in [2.05, 4.69) is 20.8 Å². The predicted octanol–water partition coefficient (Wildman–Crippen LogP) is 4.15. The third kappa shape index (κ3) is 5.13. The topological polar surface area (TPSA) is 97.6 Å². The highest BCUT2D eigenvalue weighted by Crippen LogP contribution is 2.39. The van der Waals surface area contributed by atoms with Crippen LogP contribution in [0.5, 0.6) is 0 Å². The predicted molar refractivity (Wildman–Crippen MR) is 150 cm³/mol. The number of nitrogens with zero attached hydrogens (tertiary/aromatic N) is 5. The van der Waals surface area contributed by atoms with Crippen molar-refractivity contribution in [3.8, 4) is 11.4 Å². The minimum atomic E-state index is -3.64. The van der Waals surface area contributed by atoms with Crippen LogP contribution >= 0.6 is 11.8 Å². The van der Waals surface area contributed by atoms with Crippen LogP contribution in [0.1, 0.15) is 44.2 Å². The fourth-order valence-electron chi connectivity index (χ4n) is 5.77. The van der Waals surface area contributed by atoms with Crippen molar-refractivity contribution in [3.63, 3.8) is 0 Å². The standard InChI is InChI=1S/C28H33N5O4S2/c1-20(27(34)32-14-13-21-7-2-5-12-25(21)32)38-28-30-29-26(33(28)23-9-3-4-10-23)22-8-6-11-24(19-22)39(35,36)31-15-17-37-18-16-31/h2,5-8,11-12,19-20,23H,3-4,9-10,13-18H2,1H3. The molecule has 1 amide bonds. The third-order valence-corrected chi connectivity index (χ3v) is 10.8. The number of aromatic nitrogens is 3. The number of carbonyl (C=O) groups is 1. The number of benzene rings is 2. The SMILES string of the molecule is CC(Sc1nnc(-c2cccc(S(=O)(=O)N3CCOCC3)c2)n1C1CCCC1)C(=O)N1CCc2ccccc21. The van der Waals surface area contributed by atoms with E-state index in [-0.39, 0.29) is 22.1 Å². The summed E-state index contributed by atoms with van der Waals surface area (Å²) in [5.41, 5.74) is 2.90. The summed E-state index contributed by atoms with van der Waals surface area (Å²) >= 11 is 1.43. The van der Waals surface area contributed by atoms with E-state index in [0.717, 1.165) is 37.8 Å². The molecule has 0 spiro atoms. The number of anilines is 1. The Balaban J connectivity index is 1.29. The molecule has 6 rings (SSSR count). The zero-order chi connectivity index (χ0) is 27.0. The molecule has 2 aliphatic heterocycles. The van der Waals surface area contributed by atoms with Crippen LogP contribution < -0.4 is 4.90 Å². The minimum Gasteiger partial charge on any atom is -0.379 e. The molecule has 11 heteroatoms. The van der Waals surface area contributed by atoms with Crippen LogP contribution in [0.25, 0.3) is 11.4 Å². The van der Waals surface area contributed by atoms with Crippen LogP contribution in [0.15, 0.2) is 58.6 Å². The quantitative estimate of drug-likeness (QED) is 0.396. The van der Waals surface area contributed by atoms with Crippen molar-refractivity contribution in [1.29, 1.82) is 0 Å². The molecule has 3 aliphatic rings. The Morgan fingerprint density at radius 1 is 1.03 bits per heavy atom. The highest BCUT2D eigenvalue weighted by Gasteiger charge is 2.32. The molecule has 0 bridgehead atoms. The number of carbonyl (C=O) groups excluding carboxylic acids is 1. The van der Waals surface area contributed by atoms with Crippen molar-refractivity contribution in [2.24, 2.45) is 0 Å². The van der Waals surface area contributed by atoms with Gasteiger partial charge in [-0.25, -0.2) is 8.42 Å². The monoisotopic (exact) mass is 567 g/mol. The number of morpholine rings is 1.